The molecule has 118 valence electrons. The average Bonchev–Trinajstić information content (AvgIpc) is 2.47. The van der Waals surface area contributed by atoms with Crippen LogP contribution in [0.15, 0.2) is 30.3 Å². The third kappa shape index (κ3) is 4.55. The van der Waals surface area contributed by atoms with Crippen molar-refractivity contribution >= 4 is 0 Å². The van der Waals surface area contributed by atoms with E-state index < -0.39 is 0 Å². The normalized spacial score (nSPS) is 27.8. The van der Waals surface area contributed by atoms with Crippen LogP contribution in [0.1, 0.15) is 65.0 Å². The molecule has 1 heterocycles. The van der Waals surface area contributed by atoms with Crippen molar-refractivity contribution in [2.45, 2.75) is 77.7 Å². The molecule has 1 saturated heterocycles. The Labute approximate surface area is 130 Å². The molecule has 1 aromatic rings. The van der Waals surface area contributed by atoms with Crippen molar-refractivity contribution in [2.75, 3.05) is 0 Å². The van der Waals surface area contributed by atoms with Crippen LogP contribution in [0.5, 0.6) is 0 Å². The Bertz CT molecular complexity index is 391. The highest BCUT2D eigenvalue weighted by Crippen LogP contribution is 2.30. The number of ether oxygens (including phenoxy) is 1. The highest BCUT2D eigenvalue weighted by Gasteiger charge is 2.29. The summed E-state index contributed by atoms with van der Waals surface area (Å²) in [4.78, 5) is 0. The van der Waals surface area contributed by atoms with Gasteiger partial charge in [0.1, 0.15) is 0 Å². The molecule has 2 rings (SSSR count). The van der Waals surface area contributed by atoms with E-state index in [-0.39, 0.29) is 0 Å². The molecule has 2 nitrogen and oxygen atoms in total. The smallest absolute Gasteiger partial charge is 0.0565 e. The number of nitrogens with one attached hydrogen (secondary N) is 1. The maximum atomic E-state index is 5.88. The molecule has 0 saturated carbocycles. The molecule has 0 amide bonds. The first-order valence-corrected chi connectivity index (χ1v) is 8.60. The van der Waals surface area contributed by atoms with Crippen LogP contribution in [0.4, 0.5) is 0 Å². The summed E-state index contributed by atoms with van der Waals surface area (Å²) in [6.07, 6.45) is 5.41. The molecule has 1 fully saturated rings. The standard InChI is InChI=1S/C19H31NO/c1-5-16(6-2)19(17-10-8-7-9-11-17)20-18-12-14(3)21-15(4)13-18/h7-11,14-16,18-20H,5-6,12-13H2,1-4H3. The molecule has 1 aliphatic heterocycles. The first-order valence-electron chi connectivity index (χ1n) is 8.60. The predicted molar refractivity (Wildman–Crippen MR) is 89.4 cm³/mol. The van der Waals surface area contributed by atoms with Crippen LogP contribution in [-0.4, -0.2) is 18.2 Å². The summed E-state index contributed by atoms with van der Waals surface area (Å²) in [5.41, 5.74) is 1.43. The Morgan fingerprint density at radius 2 is 1.62 bits per heavy atom. The van der Waals surface area contributed by atoms with Gasteiger partial charge in [0.2, 0.25) is 0 Å². The summed E-state index contributed by atoms with van der Waals surface area (Å²) in [6.45, 7) is 9.00. The summed E-state index contributed by atoms with van der Waals surface area (Å²) in [5, 5.41) is 3.96. The van der Waals surface area contributed by atoms with E-state index in [1.165, 1.54) is 18.4 Å². The number of rotatable bonds is 6. The molecule has 3 atom stereocenters. The Hall–Kier alpha value is -0.860. The molecule has 0 aliphatic carbocycles. The van der Waals surface area contributed by atoms with Gasteiger partial charge in [-0.25, -0.2) is 0 Å². The van der Waals surface area contributed by atoms with Crippen LogP contribution >= 0.6 is 0 Å². The zero-order chi connectivity index (χ0) is 15.2. The molecular weight excluding hydrogens is 258 g/mol. The molecule has 2 heteroatoms. The zero-order valence-corrected chi connectivity index (χ0v) is 14.0. The summed E-state index contributed by atoms with van der Waals surface area (Å²) in [5.74, 6) is 0.695. The lowest BCUT2D eigenvalue weighted by atomic mass is 9.87. The summed E-state index contributed by atoms with van der Waals surface area (Å²) >= 11 is 0. The van der Waals surface area contributed by atoms with E-state index in [4.69, 9.17) is 4.74 Å². The minimum absolute atomic E-state index is 0.365. The van der Waals surface area contributed by atoms with E-state index in [9.17, 15) is 0 Å². The third-order valence-electron chi connectivity index (χ3n) is 4.79. The van der Waals surface area contributed by atoms with Crippen LogP contribution < -0.4 is 5.32 Å². The largest absolute Gasteiger partial charge is 0.375 e. The highest BCUT2D eigenvalue weighted by atomic mass is 16.5. The monoisotopic (exact) mass is 289 g/mol. The maximum Gasteiger partial charge on any atom is 0.0565 e. The van der Waals surface area contributed by atoms with Crippen molar-refractivity contribution in [1.29, 1.82) is 0 Å². The van der Waals surface area contributed by atoms with Gasteiger partial charge in [-0.2, -0.15) is 0 Å². The fourth-order valence-corrected chi connectivity index (χ4v) is 3.72. The molecule has 0 spiro atoms. The molecular formula is C19H31NO. The first kappa shape index (κ1) is 16.5. The van der Waals surface area contributed by atoms with Gasteiger partial charge in [0.05, 0.1) is 12.2 Å². The Balaban J connectivity index is 2.12. The topological polar surface area (TPSA) is 21.3 Å². The van der Waals surface area contributed by atoms with Gasteiger partial charge >= 0.3 is 0 Å². The second-order valence-electron chi connectivity index (χ2n) is 6.56. The second kappa shape index (κ2) is 7.95. The van der Waals surface area contributed by atoms with Crippen molar-refractivity contribution < 1.29 is 4.74 Å². The van der Waals surface area contributed by atoms with E-state index in [0.29, 0.717) is 30.2 Å². The number of benzene rings is 1. The van der Waals surface area contributed by atoms with Crippen molar-refractivity contribution in [1.82, 2.24) is 5.32 Å². The minimum Gasteiger partial charge on any atom is -0.375 e. The minimum atomic E-state index is 0.365. The molecule has 1 aliphatic rings. The van der Waals surface area contributed by atoms with E-state index in [2.05, 4.69) is 63.3 Å². The van der Waals surface area contributed by atoms with E-state index in [1.807, 2.05) is 0 Å². The van der Waals surface area contributed by atoms with Crippen LogP contribution in [0.25, 0.3) is 0 Å². The Kier molecular flexibility index (Phi) is 6.25. The lowest BCUT2D eigenvalue weighted by molar-refractivity contribution is -0.0447. The molecule has 1 N–H and O–H groups in total. The Morgan fingerprint density at radius 3 is 2.14 bits per heavy atom. The Morgan fingerprint density at radius 1 is 1.05 bits per heavy atom. The lowest BCUT2D eigenvalue weighted by Crippen LogP contribution is -2.44. The van der Waals surface area contributed by atoms with E-state index >= 15 is 0 Å². The molecule has 21 heavy (non-hydrogen) atoms. The molecule has 0 aromatic heterocycles. The molecule has 3 unspecified atom stereocenters. The fraction of sp³-hybridized carbons (Fsp3) is 0.684. The number of hydrogen-bond donors (Lipinski definition) is 1. The van der Waals surface area contributed by atoms with Crippen LogP contribution in [0.3, 0.4) is 0 Å². The number of hydrogen-bond acceptors (Lipinski definition) is 2. The van der Waals surface area contributed by atoms with Gasteiger partial charge in [0, 0.05) is 12.1 Å². The van der Waals surface area contributed by atoms with Crippen molar-refractivity contribution in [3.63, 3.8) is 0 Å². The quantitative estimate of drug-likeness (QED) is 0.819. The van der Waals surface area contributed by atoms with Gasteiger partial charge in [-0.3, -0.25) is 0 Å². The maximum absolute atomic E-state index is 5.88. The summed E-state index contributed by atoms with van der Waals surface area (Å²) < 4.78 is 5.88. The molecule has 0 bridgehead atoms. The van der Waals surface area contributed by atoms with Gasteiger partial charge in [0.25, 0.3) is 0 Å². The van der Waals surface area contributed by atoms with Crippen molar-refractivity contribution in [3.05, 3.63) is 35.9 Å². The van der Waals surface area contributed by atoms with Crippen LogP contribution in [0, 0.1) is 5.92 Å². The van der Waals surface area contributed by atoms with E-state index in [0.717, 1.165) is 12.8 Å². The van der Waals surface area contributed by atoms with Gasteiger partial charge in [-0.1, -0.05) is 57.0 Å². The summed E-state index contributed by atoms with van der Waals surface area (Å²) in [7, 11) is 0. The van der Waals surface area contributed by atoms with Crippen molar-refractivity contribution in [2.24, 2.45) is 5.92 Å². The van der Waals surface area contributed by atoms with E-state index in [1.54, 1.807) is 0 Å². The van der Waals surface area contributed by atoms with Crippen LogP contribution in [-0.2, 0) is 4.74 Å². The predicted octanol–water partition coefficient (Wildman–Crippen LogP) is 4.71. The van der Waals surface area contributed by atoms with Gasteiger partial charge < -0.3 is 10.1 Å². The van der Waals surface area contributed by atoms with Crippen LogP contribution in [0.2, 0.25) is 0 Å². The zero-order valence-electron chi connectivity index (χ0n) is 14.0. The third-order valence-corrected chi connectivity index (χ3v) is 4.79. The molecule has 1 aromatic carbocycles. The lowest BCUT2D eigenvalue weighted by Gasteiger charge is -2.37. The second-order valence-corrected chi connectivity index (χ2v) is 6.56. The average molecular weight is 289 g/mol. The van der Waals surface area contributed by atoms with Gasteiger partial charge in [-0.15, -0.1) is 0 Å². The highest BCUT2D eigenvalue weighted by molar-refractivity contribution is 5.20. The molecule has 0 radical (unpaired) electrons. The fourth-order valence-electron chi connectivity index (χ4n) is 3.72. The van der Waals surface area contributed by atoms with Gasteiger partial charge in [-0.05, 0) is 38.2 Å². The van der Waals surface area contributed by atoms with Crippen molar-refractivity contribution in [3.8, 4) is 0 Å². The first-order chi connectivity index (χ1) is 10.1. The SMILES string of the molecule is CCC(CC)C(NC1CC(C)OC(C)C1)c1ccccc1. The summed E-state index contributed by atoms with van der Waals surface area (Å²) in [6, 6.07) is 12.0. The van der Waals surface area contributed by atoms with Gasteiger partial charge in [0.15, 0.2) is 0 Å².